The minimum Gasteiger partial charge on any atom is -0.396 e. The number of anilines is 1. The van der Waals surface area contributed by atoms with Crippen LogP contribution in [0.4, 0.5) is 11.4 Å². The first-order valence-electron chi connectivity index (χ1n) is 5.25. The number of nitro benzene ring substituents is 1. The number of aliphatic hydroxyl groups is 1. The molecule has 0 radical (unpaired) electrons. The Balaban J connectivity index is 2.59. The van der Waals surface area contributed by atoms with Gasteiger partial charge in [0.25, 0.3) is 5.69 Å². The van der Waals surface area contributed by atoms with E-state index in [-0.39, 0.29) is 18.3 Å². The summed E-state index contributed by atoms with van der Waals surface area (Å²) in [5.74, 6) is 0. The van der Waals surface area contributed by atoms with Gasteiger partial charge in [-0.05, 0) is 25.8 Å². The van der Waals surface area contributed by atoms with Gasteiger partial charge in [-0.3, -0.25) is 10.1 Å². The van der Waals surface area contributed by atoms with Gasteiger partial charge in [0.2, 0.25) is 0 Å². The second-order valence-electron chi connectivity index (χ2n) is 3.72. The van der Waals surface area contributed by atoms with Crippen LogP contribution in [0.1, 0.15) is 19.8 Å². The third kappa shape index (κ3) is 3.86. The molecule has 1 atom stereocenters. The van der Waals surface area contributed by atoms with Gasteiger partial charge in [-0.2, -0.15) is 0 Å². The first-order chi connectivity index (χ1) is 7.63. The summed E-state index contributed by atoms with van der Waals surface area (Å²) in [6.07, 6.45) is 1.56. The molecule has 0 bridgehead atoms. The van der Waals surface area contributed by atoms with E-state index in [1.54, 1.807) is 12.1 Å². The normalized spacial score (nSPS) is 12.1. The first-order valence-corrected chi connectivity index (χ1v) is 5.25. The molecule has 0 aromatic heterocycles. The molecule has 0 saturated heterocycles. The van der Waals surface area contributed by atoms with Gasteiger partial charge < -0.3 is 10.4 Å². The van der Waals surface area contributed by atoms with Crippen LogP contribution in [-0.4, -0.2) is 22.7 Å². The highest BCUT2D eigenvalue weighted by Gasteiger charge is 2.07. The Kier molecular flexibility index (Phi) is 4.72. The molecule has 88 valence electrons. The quantitative estimate of drug-likeness (QED) is 0.573. The first kappa shape index (κ1) is 12.4. The van der Waals surface area contributed by atoms with Crippen molar-refractivity contribution in [2.75, 3.05) is 11.9 Å². The molecule has 0 saturated carbocycles. The molecule has 0 spiro atoms. The fraction of sp³-hybridized carbons (Fsp3) is 0.455. The van der Waals surface area contributed by atoms with E-state index in [4.69, 9.17) is 5.11 Å². The monoisotopic (exact) mass is 224 g/mol. The Bertz CT molecular complexity index is 355. The highest BCUT2D eigenvalue weighted by molar-refractivity contribution is 5.51. The predicted molar refractivity (Wildman–Crippen MR) is 62.5 cm³/mol. The molecule has 0 fully saturated rings. The molecule has 0 amide bonds. The molecular weight excluding hydrogens is 208 g/mol. The summed E-state index contributed by atoms with van der Waals surface area (Å²) in [7, 11) is 0. The van der Waals surface area contributed by atoms with Crippen molar-refractivity contribution in [3.05, 3.63) is 34.4 Å². The van der Waals surface area contributed by atoms with Gasteiger partial charge >= 0.3 is 0 Å². The van der Waals surface area contributed by atoms with Crippen molar-refractivity contribution in [3.8, 4) is 0 Å². The van der Waals surface area contributed by atoms with E-state index in [1.807, 2.05) is 6.92 Å². The highest BCUT2D eigenvalue weighted by atomic mass is 16.6. The van der Waals surface area contributed by atoms with Crippen molar-refractivity contribution >= 4 is 11.4 Å². The van der Waals surface area contributed by atoms with E-state index in [0.717, 1.165) is 18.5 Å². The predicted octanol–water partition coefficient (Wildman–Crippen LogP) is 2.17. The van der Waals surface area contributed by atoms with Gasteiger partial charge in [-0.1, -0.05) is 6.07 Å². The number of hydrogen-bond donors (Lipinski definition) is 2. The third-order valence-corrected chi connectivity index (χ3v) is 2.27. The second kappa shape index (κ2) is 6.07. The van der Waals surface area contributed by atoms with Crippen molar-refractivity contribution in [1.29, 1.82) is 0 Å². The third-order valence-electron chi connectivity index (χ3n) is 2.27. The summed E-state index contributed by atoms with van der Waals surface area (Å²) in [5, 5.41) is 22.4. The van der Waals surface area contributed by atoms with Crippen molar-refractivity contribution in [2.24, 2.45) is 0 Å². The molecule has 1 aromatic carbocycles. The zero-order valence-electron chi connectivity index (χ0n) is 9.22. The van der Waals surface area contributed by atoms with E-state index in [0.29, 0.717) is 0 Å². The molecule has 0 heterocycles. The Labute approximate surface area is 94.3 Å². The van der Waals surface area contributed by atoms with Crippen LogP contribution in [0, 0.1) is 10.1 Å². The maximum atomic E-state index is 10.6. The summed E-state index contributed by atoms with van der Waals surface area (Å²) < 4.78 is 0. The minimum atomic E-state index is -0.413. The molecular formula is C11H16N2O3. The van der Waals surface area contributed by atoms with E-state index in [2.05, 4.69) is 5.32 Å². The van der Waals surface area contributed by atoms with Crippen LogP contribution >= 0.6 is 0 Å². The zero-order valence-corrected chi connectivity index (χ0v) is 9.22. The van der Waals surface area contributed by atoms with Gasteiger partial charge in [0.05, 0.1) is 4.92 Å². The molecule has 5 nitrogen and oxygen atoms in total. The van der Waals surface area contributed by atoms with Gasteiger partial charge in [-0.25, -0.2) is 0 Å². The van der Waals surface area contributed by atoms with E-state index >= 15 is 0 Å². The largest absolute Gasteiger partial charge is 0.396 e. The van der Waals surface area contributed by atoms with Crippen LogP contribution in [0.3, 0.4) is 0 Å². The maximum absolute atomic E-state index is 10.6. The Morgan fingerprint density at radius 1 is 1.56 bits per heavy atom. The van der Waals surface area contributed by atoms with E-state index in [1.165, 1.54) is 12.1 Å². The summed E-state index contributed by atoms with van der Waals surface area (Å²) in [4.78, 5) is 10.1. The number of non-ortho nitro benzene ring substituents is 1. The summed E-state index contributed by atoms with van der Waals surface area (Å²) in [5.41, 5.74) is 0.819. The van der Waals surface area contributed by atoms with Crippen LogP contribution in [0.15, 0.2) is 24.3 Å². The van der Waals surface area contributed by atoms with Gasteiger partial charge in [0.15, 0.2) is 0 Å². The van der Waals surface area contributed by atoms with Crippen molar-refractivity contribution in [3.63, 3.8) is 0 Å². The average molecular weight is 224 g/mol. The number of hydrogen-bond acceptors (Lipinski definition) is 4. The Hall–Kier alpha value is -1.62. The number of benzene rings is 1. The van der Waals surface area contributed by atoms with Crippen LogP contribution < -0.4 is 5.32 Å². The molecule has 0 aliphatic rings. The van der Waals surface area contributed by atoms with E-state index in [9.17, 15) is 10.1 Å². The minimum absolute atomic E-state index is 0.0827. The number of nitrogens with one attached hydrogen (secondary N) is 1. The highest BCUT2D eigenvalue weighted by Crippen LogP contribution is 2.18. The molecule has 2 N–H and O–H groups in total. The summed E-state index contributed by atoms with van der Waals surface area (Å²) in [6, 6.07) is 6.61. The lowest BCUT2D eigenvalue weighted by Crippen LogP contribution is -2.15. The lowest BCUT2D eigenvalue weighted by molar-refractivity contribution is -0.384. The molecule has 0 aliphatic heterocycles. The molecule has 1 aromatic rings. The lowest BCUT2D eigenvalue weighted by atomic mass is 10.1. The van der Waals surface area contributed by atoms with Crippen molar-refractivity contribution in [1.82, 2.24) is 0 Å². The summed E-state index contributed by atoms with van der Waals surface area (Å²) in [6.45, 7) is 2.15. The molecule has 5 heteroatoms. The standard InChI is InChI=1S/C11H16N2O3/c1-9(4-3-7-14)12-10-5-2-6-11(8-10)13(15)16/h2,5-6,8-9,12,14H,3-4,7H2,1H3. The SMILES string of the molecule is CC(CCCO)Nc1cccc([N+](=O)[O-])c1. The molecule has 1 rings (SSSR count). The number of rotatable bonds is 6. The molecule has 0 aliphatic carbocycles. The van der Waals surface area contributed by atoms with Gasteiger partial charge in [0, 0.05) is 30.5 Å². The fourth-order valence-corrected chi connectivity index (χ4v) is 1.46. The number of nitro groups is 1. The Morgan fingerprint density at radius 2 is 2.31 bits per heavy atom. The zero-order chi connectivity index (χ0) is 12.0. The van der Waals surface area contributed by atoms with Crippen LogP contribution in [0.25, 0.3) is 0 Å². The summed E-state index contributed by atoms with van der Waals surface area (Å²) >= 11 is 0. The maximum Gasteiger partial charge on any atom is 0.271 e. The van der Waals surface area contributed by atoms with E-state index < -0.39 is 4.92 Å². The van der Waals surface area contributed by atoms with Crippen LogP contribution in [-0.2, 0) is 0 Å². The number of aliphatic hydroxyl groups excluding tert-OH is 1. The smallest absolute Gasteiger partial charge is 0.271 e. The van der Waals surface area contributed by atoms with Gasteiger partial charge in [-0.15, -0.1) is 0 Å². The average Bonchev–Trinajstić information content (AvgIpc) is 2.26. The van der Waals surface area contributed by atoms with Crippen LogP contribution in [0.5, 0.6) is 0 Å². The Morgan fingerprint density at radius 3 is 2.94 bits per heavy atom. The molecule has 16 heavy (non-hydrogen) atoms. The van der Waals surface area contributed by atoms with Crippen molar-refractivity contribution in [2.45, 2.75) is 25.8 Å². The van der Waals surface area contributed by atoms with Gasteiger partial charge in [0.1, 0.15) is 0 Å². The molecule has 1 unspecified atom stereocenters. The fourth-order valence-electron chi connectivity index (χ4n) is 1.46. The van der Waals surface area contributed by atoms with Crippen LogP contribution in [0.2, 0.25) is 0 Å². The topological polar surface area (TPSA) is 75.4 Å². The second-order valence-corrected chi connectivity index (χ2v) is 3.72. The lowest BCUT2D eigenvalue weighted by Gasteiger charge is -2.14. The number of nitrogens with zero attached hydrogens (tertiary/aromatic N) is 1. The van der Waals surface area contributed by atoms with Crippen molar-refractivity contribution < 1.29 is 10.0 Å².